The van der Waals surface area contributed by atoms with Crippen LogP contribution in [-0.4, -0.2) is 5.16 Å². The van der Waals surface area contributed by atoms with Crippen LogP contribution in [0.4, 0.5) is 10.3 Å². The molecule has 2 aromatic carbocycles. The highest BCUT2D eigenvalue weighted by Gasteiger charge is 2.17. The first-order chi connectivity index (χ1) is 9.65. The molecule has 3 nitrogen and oxygen atoms in total. The molecule has 0 saturated carbocycles. The summed E-state index contributed by atoms with van der Waals surface area (Å²) in [6.07, 6.45) is 0. The molecule has 5 heteroatoms. The van der Waals surface area contributed by atoms with E-state index in [9.17, 15) is 4.39 Å². The van der Waals surface area contributed by atoms with Gasteiger partial charge in [-0.1, -0.05) is 45.4 Å². The van der Waals surface area contributed by atoms with Gasteiger partial charge in [-0.2, -0.15) is 0 Å². The van der Waals surface area contributed by atoms with Gasteiger partial charge in [0.25, 0.3) is 0 Å². The predicted octanol–water partition coefficient (Wildman–Crippen LogP) is 4.49. The van der Waals surface area contributed by atoms with Gasteiger partial charge in [0, 0.05) is 10.0 Å². The smallest absolute Gasteiger partial charge is 0.230 e. The van der Waals surface area contributed by atoms with E-state index in [0.717, 1.165) is 10.0 Å². The fraction of sp³-hybridized carbons (Fsp3) is 0. The molecule has 0 fully saturated rings. The van der Waals surface area contributed by atoms with Crippen molar-refractivity contribution < 1.29 is 8.91 Å². The Morgan fingerprint density at radius 2 is 1.80 bits per heavy atom. The van der Waals surface area contributed by atoms with Gasteiger partial charge in [-0.15, -0.1) is 0 Å². The summed E-state index contributed by atoms with van der Waals surface area (Å²) in [5, 5.41) is 3.99. The van der Waals surface area contributed by atoms with E-state index >= 15 is 0 Å². The van der Waals surface area contributed by atoms with Crippen LogP contribution in [-0.2, 0) is 0 Å². The Morgan fingerprint density at radius 1 is 1.05 bits per heavy atom. The first kappa shape index (κ1) is 12.9. The van der Waals surface area contributed by atoms with Crippen LogP contribution in [0.5, 0.6) is 0 Å². The number of anilines is 1. The summed E-state index contributed by atoms with van der Waals surface area (Å²) in [5.41, 5.74) is 8.51. The van der Waals surface area contributed by atoms with Crippen molar-refractivity contribution >= 4 is 21.8 Å². The van der Waals surface area contributed by atoms with E-state index in [4.69, 9.17) is 10.3 Å². The number of halogens is 2. The molecule has 0 aliphatic carbocycles. The molecule has 0 aliphatic heterocycles. The van der Waals surface area contributed by atoms with Crippen molar-refractivity contribution in [2.45, 2.75) is 0 Å². The largest absolute Gasteiger partial charge is 0.367 e. The predicted molar refractivity (Wildman–Crippen MR) is 79.4 cm³/mol. The van der Waals surface area contributed by atoms with Crippen LogP contribution >= 0.6 is 15.9 Å². The molecule has 3 aromatic rings. The molecule has 0 spiro atoms. The Morgan fingerprint density at radius 3 is 2.55 bits per heavy atom. The maximum absolute atomic E-state index is 13.4. The van der Waals surface area contributed by atoms with Crippen molar-refractivity contribution in [3.8, 4) is 22.4 Å². The summed E-state index contributed by atoms with van der Waals surface area (Å²) >= 11 is 3.41. The lowest BCUT2D eigenvalue weighted by Gasteiger charge is -2.03. The third-order valence-corrected chi connectivity index (χ3v) is 3.42. The van der Waals surface area contributed by atoms with E-state index in [1.54, 1.807) is 12.1 Å². The Hall–Kier alpha value is -2.14. The summed E-state index contributed by atoms with van der Waals surface area (Å²) < 4.78 is 19.4. The van der Waals surface area contributed by atoms with Crippen molar-refractivity contribution in [3.63, 3.8) is 0 Å². The van der Waals surface area contributed by atoms with Crippen LogP contribution in [0, 0.1) is 5.82 Å². The van der Waals surface area contributed by atoms with Crippen LogP contribution in [0.25, 0.3) is 22.4 Å². The Kier molecular flexibility index (Phi) is 3.28. The van der Waals surface area contributed by atoms with Crippen LogP contribution < -0.4 is 5.73 Å². The number of nitrogens with zero attached hydrogens (tertiary/aromatic N) is 1. The molecule has 0 unspecified atom stereocenters. The zero-order valence-electron chi connectivity index (χ0n) is 10.3. The zero-order valence-corrected chi connectivity index (χ0v) is 11.9. The summed E-state index contributed by atoms with van der Waals surface area (Å²) in [6, 6.07) is 13.8. The first-order valence-electron chi connectivity index (χ1n) is 5.92. The average Bonchev–Trinajstić information content (AvgIpc) is 2.80. The summed E-state index contributed by atoms with van der Waals surface area (Å²) in [7, 11) is 0. The molecule has 0 saturated heterocycles. The number of aromatic nitrogens is 1. The highest BCUT2D eigenvalue weighted by molar-refractivity contribution is 9.10. The van der Waals surface area contributed by atoms with Crippen LogP contribution in [0.15, 0.2) is 57.5 Å². The van der Waals surface area contributed by atoms with E-state index in [0.29, 0.717) is 16.8 Å². The second-order valence-electron chi connectivity index (χ2n) is 4.29. The van der Waals surface area contributed by atoms with Crippen molar-refractivity contribution in [3.05, 3.63) is 58.8 Å². The summed E-state index contributed by atoms with van der Waals surface area (Å²) in [4.78, 5) is 0. The molecule has 20 heavy (non-hydrogen) atoms. The number of benzene rings is 2. The van der Waals surface area contributed by atoms with Crippen molar-refractivity contribution in [1.82, 2.24) is 5.16 Å². The van der Waals surface area contributed by atoms with Crippen molar-refractivity contribution in [2.24, 2.45) is 0 Å². The third-order valence-electron chi connectivity index (χ3n) is 2.93. The van der Waals surface area contributed by atoms with E-state index in [1.807, 2.05) is 24.3 Å². The number of nitrogen functional groups attached to an aromatic ring is 1. The quantitative estimate of drug-likeness (QED) is 0.752. The lowest BCUT2D eigenvalue weighted by Crippen LogP contribution is -1.88. The zero-order chi connectivity index (χ0) is 14.1. The number of rotatable bonds is 2. The molecule has 0 atom stereocenters. The lowest BCUT2D eigenvalue weighted by molar-refractivity contribution is 0.439. The molecule has 0 aliphatic rings. The number of hydrogen-bond acceptors (Lipinski definition) is 3. The third kappa shape index (κ3) is 2.32. The van der Waals surface area contributed by atoms with Crippen molar-refractivity contribution in [2.75, 3.05) is 5.73 Å². The maximum Gasteiger partial charge on any atom is 0.230 e. The Bertz CT molecular complexity index is 770. The highest BCUT2D eigenvalue weighted by atomic mass is 79.9. The van der Waals surface area contributed by atoms with E-state index in [2.05, 4.69) is 21.1 Å². The minimum Gasteiger partial charge on any atom is -0.367 e. The minimum absolute atomic E-state index is 0.172. The van der Waals surface area contributed by atoms with Gasteiger partial charge in [0.2, 0.25) is 5.88 Å². The maximum atomic E-state index is 13.4. The summed E-state index contributed by atoms with van der Waals surface area (Å²) in [5.74, 6) is -0.158. The van der Waals surface area contributed by atoms with Crippen molar-refractivity contribution in [1.29, 1.82) is 0 Å². The highest BCUT2D eigenvalue weighted by Crippen LogP contribution is 2.36. The first-order valence-corrected chi connectivity index (χ1v) is 6.71. The van der Waals surface area contributed by atoms with Gasteiger partial charge < -0.3 is 10.3 Å². The average molecular weight is 333 g/mol. The molecule has 0 amide bonds. The van der Waals surface area contributed by atoms with Gasteiger partial charge in [0.15, 0.2) is 0 Å². The van der Waals surface area contributed by atoms with Gasteiger partial charge in [-0.3, -0.25) is 0 Å². The molecular formula is C15H10BrFN2O. The topological polar surface area (TPSA) is 52.0 Å². The van der Waals surface area contributed by atoms with Crippen LogP contribution in [0.3, 0.4) is 0 Å². The number of hydrogen-bond donors (Lipinski definition) is 1. The monoisotopic (exact) mass is 332 g/mol. The van der Waals surface area contributed by atoms with Gasteiger partial charge >= 0.3 is 0 Å². The fourth-order valence-electron chi connectivity index (χ4n) is 2.06. The molecule has 0 bridgehead atoms. The van der Waals surface area contributed by atoms with Gasteiger partial charge in [0.1, 0.15) is 11.5 Å². The lowest BCUT2D eigenvalue weighted by atomic mass is 10.0. The standard InChI is InChI=1S/C15H10BrFN2O/c16-11-5-1-4-10(7-11)14-13(15(18)20-19-14)9-3-2-6-12(17)8-9/h1-8H,18H2. The van der Waals surface area contributed by atoms with E-state index in [1.165, 1.54) is 12.1 Å². The second-order valence-corrected chi connectivity index (χ2v) is 5.21. The van der Waals surface area contributed by atoms with E-state index < -0.39 is 0 Å². The normalized spacial score (nSPS) is 10.7. The molecular weight excluding hydrogens is 323 g/mol. The van der Waals surface area contributed by atoms with Crippen LogP contribution in [0.1, 0.15) is 0 Å². The molecule has 1 heterocycles. The summed E-state index contributed by atoms with van der Waals surface area (Å²) in [6.45, 7) is 0. The van der Waals surface area contributed by atoms with Gasteiger partial charge in [0.05, 0.1) is 5.56 Å². The molecule has 0 radical (unpaired) electrons. The van der Waals surface area contributed by atoms with E-state index in [-0.39, 0.29) is 11.7 Å². The van der Waals surface area contributed by atoms with Crippen LogP contribution in [0.2, 0.25) is 0 Å². The Labute approximate surface area is 123 Å². The fourth-order valence-corrected chi connectivity index (χ4v) is 2.46. The second kappa shape index (κ2) is 5.09. The minimum atomic E-state index is -0.330. The molecule has 3 rings (SSSR count). The number of nitrogens with two attached hydrogens (primary N) is 1. The van der Waals surface area contributed by atoms with Gasteiger partial charge in [-0.25, -0.2) is 4.39 Å². The molecule has 2 N–H and O–H groups in total. The molecule has 1 aromatic heterocycles. The Balaban J connectivity index is 2.20. The molecule has 100 valence electrons. The SMILES string of the molecule is Nc1onc(-c2cccc(Br)c2)c1-c1cccc(F)c1. The van der Waals surface area contributed by atoms with Gasteiger partial charge in [-0.05, 0) is 29.8 Å².